The average molecular weight is 555 g/mol. The molecule has 8 nitrogen and oxygen atoms in total. The van der Waals surface area contributed by atoms with Gasteiger partial charge in [-0.1, -0.05) is 51.2 Å². The van der Waals surface area contributed by atoms with Gasteiger partial charge in [0.15, 0.2) is 0 Å². The first-order valence-corrected chi connectivity index (χ1v) is 15.7. The molecule has 0 unspecified atom stereocenters. The fraction of sp³-hybridized carbons (Fsp3) is 0.719. The van der Waals surface area contributed by atoms with Crippen molar-refractivity contribution in [3.8, 4) is 0 Å². The van der Waals surface area contributed by atoms with E-state index in [9.17, 15) is 19.5 Å². The van der Waals surface area contributed by atoms with E-state index in [-0.39, 0.29) is 23.6 Å². The molecular weight excluding hydrogens is 504 g/mol. The van der Waals surface area contributed by atoms with E-state index in [1.54, 1.807) is 7.05 Å². The van der Waals surface area contributed by atoms with E-state index in [2.05, 4.69) is 22.5 Å². The van der Waals surface area contributed by atoms with Gasteiger partial charge in [0.25, 0.3) is 5.91 Å². The number of carbonyl (C=O) groups is 3. The number of nitrogens with zero attached hydrogens (tertiary/aromatic N) is 2. The Bertz CT molecular complexity index is 983. The third kappa shape index (κ3) is 7.06. The third-order valence-electron chi connectivity index (χ3n) is 9.53. The maximum absolute atomic E-state index is 13.8. The number of carbonyl (C=O) groups excluding carboxylic acids is 3. The van der Waals surface area contributed by atoms with Crippen LogP contribution < -0.4 is 10.6 Å². The number of piperazine rings is 1. The van der Waals surface area contributed by atoms with E-state index < -0.39 is 17.7 Å². The van der Waals surface area contributed by atoms with Crippen molar-refractivity contribution in [1.29, 1.82) is 0 Å². The van der Waals surface area contributed by atoms with E-state index in [1.807, 2.05) is 29.2 Å². The number of benzene rings is 1. The van der Waals surface area contributed by atoms with Crippen molar-refractivity contribution in [2.75, 3.05) is 33.2 Å². The van der Waals surface area contributed by atoms with Crippen molar-refractivity contribution in [3.63, 3.8) is 0 Å². The number of hydrogen-bond acceptors (Lipinski definition) is 5. The molecule has 3 fully saturated rings. The molecular formula is C32H50N4O4. The highest BCUT2D eigenvalue weighted by Crippen LogP contribution is 2.36. The topological polar surface area (TPSA) is 102 Å². The molecule has 2 atom stereocenters. The highest BCUT2D eigenvalue weighted by molar-refractivity contribution is 6.00. The molecule has 1 aromatic rings. The zero-order chi connectivity index (χ0) is 28.5. The first kappa shape index (κ1) is 30.5. The second kappa shape index (κ2) is 14.4. The van der Waals surface area contributed by atoms with Gasteiger partial charge in [0.2, 0.25) is 11.8 Å². The lowest BCUT2D eigenvalue weighted by Gasteiger charge is -2.52. The Labute approximate surface area is 240 Å². The van der Waals surface area contributed by atoms with Crippen molar-refractivity contribution in [1.82, 2.24) is 20.4 Å². The average Bonchev–Trinajstić information content (AvgIpc) is 2.99. The molecule has 40 heavy (non-hydrogen) atoms. The highest BCUT2D eigenvalue weighted by atomic mass is 16.3. The Morgan fingerprint density at radius 1 is 1.02 bits per heavy atom. The Hall–Kier alpha value is -2.45. The predicted molar refractivity (Wildman–Crippen MR) is 157 cm³/mol. The molecule has 0 radical (unpaired) electrons. The Morgan fingerprint density at radius 2 is 1.73 bits per heavy atom. The maximum Gasteiger partial charge on any atom is 0.251 e. The molecule has 2 saturated heterocycles. The van der Waals surface area contributed by atoms with Crippen LogP contribution in [0.3, 0.4) is 0 Å². The number of piperidine rings is 1. The number of rotatable bonds is 12. The highest BCUT2D eigenvalue weighted by Gasteiger charge is 2.55. The minimum atomic E-state index is -0.809. The summed E-state index contributed by atoms with van der Waals surface area (Å²) in [4.78, 5) is 43.4. The zero-order valence-corrected chi connectivity index (χ0v) is 24.6. The van der Waals surface area contributed by atoms with Gasteiger partial charge in [-0.2, -0.15) is 0 Å². The van der Waals surface area contributed by atoms with Crippen LogP contribution in [0.1, 0.15) is 99.9 Å². The van der Waals surface area contributed by atoms with Gasteiger partial charge in [-0.05, 0) is 81.5 Å². The fourth-order valence-corrected chi connectivity index (χ4v) is 6.91. The van der Waals surface area contributed by atoms with Gasteiger partial charge < -0.3 is 25.5 Å². The van der Waals surface area contributed by atoms with Gasteiger partial charge in [0, 0.05) is 32.2 Å². The van der Waals surface area contributed by atoms with Crippen LogP contribution in [0.2, 0.25) is 0 Å². The van der Waals surface area contributed by atoms with Gasteiger partial charge in [0.05, 0.1) is 6.10 Å². The van der Waals surface area contributed by atoms with Crippen molar-refractivity contribution in [3.05, 3.63) is 35.4 Å². The molecule has 1 aliphatic carbocycles. The molecule has 2 heterocycles. The van der Waals surface area contributed by atoms with Crippen LogP contribution in [0, 0.1) is 5.92 Å². The molecule has 1 spiro atoms. The summed E-state index contributed by atoms with van der Waals surface area (Å²) in [5.74, 6) is -0.114. The summed E-state index contributed by atoms with van der Waals surface area (Å²) < 4.78 is 0. The SMILES string of the molecule is CCCCN1C(=O)[C@@H]([C@H](O)C2CCCCC2)NC(=O)C12CCN(CCCCCc1ccc(C(=O)NC)cc1)CC2. The monoisotopic (exact) mass is 554 g/mol. The number of unbranched alkanes of at least 4 members (excludes halogenated alkanes) is 3. The summed E-state index contributed by atoms with van der Waals surface area (Å²) in [6.45, 7) is 5.30. The number of hydrogen-bond donors (Lipinski definition) is 3. The summed E-state index contributed by atoms with van der Waals surface area (Å²) >= 11 is 0. The van der Waals surface area contributed by atoms with Gasteiger partial charge in [-0.15, -0.1) is 0 Å². The lowest BCUT2D eigenvalue weighted by atomic mass is 9.78. The summed E-state index contributed by atoms with van der Waals surface area (Å²) in [6.07, 6.45) is 11.9. The molecule has 3 N–H and O–H groups in total. The van der Waals surface area contributed by atoms with E-state index >= 15 is 0 Å². The number of nitrogens with one attached hydrogen (secondary N) is 2. The molecule has 222 valence electrons. The smallest absolute Gasteiger partial charge is 0.251 e. The van der Waals surface area contributed by atoms with Crippen LogP contribution in [0.15, 0.2) is 24.3 Å². The summed E-state index contributed by atoms with van der Waals surface area (Å²) in [6, 6.07) is 7.03. The molecule has 0 aromatic heterocycles. The van der Waals surface area contributed by atoms with Crippen LogP contribution in [0.5, 0.6) is 0 Å². The Kier molecular flexibility index (Phi) is 11.0. The van der Waals surface area contributed by atoms with E-state index in [1.165, 1.54) is 12.0 Å². The zero-order valence-electron chi connectivity index (χ0n) is 24.6. The minimum absolute atomic E-state index is 0.0599. The molecule has 3 aliphatic rings. The normalized spacial score (nSPS) is 22.8. The number of aliphatic hydroxyl groups is 1. The van der Waals surface area contributed by atoms with Gasteiger partial charge in [-0.3, -0.25) is 14.4 Å². The Balaban J connectivity index is 1.26. The van der Waals surface area contributed by atoms with E-state index in [0.29, 0.717) is 24.9 Å². The lowest BCUT2D eigenvalue weighted by molar-refractivity contribution is -0.165. The fourth-order valence-electron chi connectivity index (χ4n) is 6.91. The quantitative estimate of drug-likeness (QED) is 0.342. The van der Waals surface area contributed by atoms with Crippen LogP contribution in [-0.2, 0) is 16.0 Å². The number of aliphatic hydroxyl groups excluding tert-OH is 1. The molecule has 4 rings (SSSR count). The molecule has 8 heteroatoms. The van der Waals surface area contributed by atoms with Crippen LogP contribution >= 0.6 is 0 Å². The third-order valence-corrected chi connectivity index (χ3v) is 9.53. The molecule has 2 aliphatic heterocycles. The molecule has 0 bridgehead atoms. The minimum Gasteiger partial charge on any atom is -0.390 e. The van der Waals surface area contributed by atoms with Gasteiger partial charge in [-0.25, -0.2) is 0 Å². The molecule has 1 aromatic carbocycles. The van der Waals surface area contributed by atoms with Crippen molar-refractivity contribution in [2.45, 2.75) is 108 Å². The van der Waals surface area contributed by atoms with Crippen LogP contribution in [0.4, 0.5) is 0 Å². The second-order valence-corrected chi connectivity index (χ2v) is 12.1. The first-order valence-electron chi connectivity index (χ1n) is 15.7. The van der Waals surface area contributed by atoms with Gasteiger partial charge in [0.1, 0.15) is 11.6 Å². The van der Waals surface area contributed by atoms with E-state index in [4.69, 9.17) is 0 Å². The first-order chi connectivity index (χ1) is 19.4. The summed E-state index contributed by atoms with van der Waals surface area (Å²) in [5, 5.41) is 16.8. The molecule has 1 saturated carbocycles. The largest absolute Gasteiger partial charge is 0.390 e. The second-order valence-electron chi connectivity index (χ2n) is 12.1. The van der Waals surface area contributed by atoms with Crippen molar-refractivity contribution in [2.24, 2.45) is 5.92 Å². The predicted octanol–water partition coefficient (Wildman–Crippen LogP) is 3.66. The summed E-state index contributed by atoms with van der Waals surface area (Å²) in [5.41, 5.74) is 1.15. The Morgan fingerprint density at radius 3 is 2.38 bits per heavy atom. The lowest BCUT2D eigenvalue weighted by Crippen LogP contribution is -2.75. The number of aryl methyl sites for hydroxylation is 1. The van der Waals surface area contributed by atoms with Crippen LogP contribution in [-0.4, -0.2) is 83.5 Å². The van der Waals surface area contributed by atoms with Gasteiger partial charge >= 0.3 is 0 Å². The number of amides is 3. The molecule has 3 amide bonds. The van der Waals surface area contributed by atoms with Crippen LogP contribution in [0.25, 0.3) is 0 Å². The van der Waals surface area contributed by atoms with Crippen molar-refractivity contribution < 1.29 is 19.5 Å². The maximum atomic E-state index is 13.8. The van der Waals surface area contributed by atoms with E-state index in [0.717, 1.165) is 83.8 Å². The number of likely N-dealkylation sites (tertiary alicyclic amines) is 1. The summed E-state index contributed by atoms with van der Waals surface area (Å²) in [7, 11) is 1.64. The standard InChI is InChI=1S/C32H50N4O4/c1-3-4-21-36-30(39)27(28(37)25-12-8-5-9-13-25)34-31(40)32(36)18-22-35(23-19-32)20-10-6-7-11-24-14-16-26(17-15-24)29(38)33-2/h14-17,25,27-28,37H,3-13,18-23H2,1-2H3,(H,33,38)(H,34,40)/t27-,28-/m1/s1. The van der Waals surface area contributed by atoms with Crippen molar-refractivity contribution >= 4 is 17.7 Å².